The van der Waals surface area contributed by atoms with E-state index >= 15 is 0 Å². The monoisotopic (exact) mass is 211 g/mol. The molecule has 0 aliphatic carbocycles. The van der Waals surface area contributed by atoms with Gasteiger partial charge in [-0.2, -0.15) is 0 Å². The first-order valence-electron chi connectivity index (χ1n) is 3.86. The molecule has 0 bridgehead atoms. The zero-order valence-corrected chi connectivity index (χ0v) is 7.77. The molecule has 5 nitrogen and oxygen atoms in total. The number of hydrogen-bond acceptors (Lipinski definition) is 3. The maximum absolute atomic E-state index is 10.5. The number of imidazole rings is 1. The third-order valence-electron chi connectivity index (χ3n) is 1.76. The number of aliphatic carboxylic acids is 1. The van der Waals surface area contributed by atoms with Crippen LogP contribution in [0.1, 0.15) is 5.69 Å². The van der Waals surface area contributed by atoms with Crippen molar-refractivity contribution in [3.05, 3.63) is 29.4 Å². The molecule has 2 heterocycles. The van der Waals surface area contributed by atoms with Crippen molar-refractivity contribution in [2.24, 2.45) is 0 Å². The Bertz CT molecular complexity index is 494. The van der Waals surface area contributed by atoms with Crippen LogP contribution in [0.2, 0.25) is 5.15 Å². The van der Waals surface area contributed by atoms with Crippen molar-refractivity contribution in [1.29, 1.82) is 0 Å². The molecule has 2 aromatic rings. The number of carboxylic acid groups (broad SMARTS) is 1. The molecule has 0 fully saturated rings. The van der Waals surface area contributed by atoms with Crippen molar-refractivity contribution >= 4 is 23.2 Å². The average Bonchev–Trinajstić information content (AvgIpc) is 2.44. The molecule has 0 spiro atoms. The number of aromatic nitrogens is 3. The Morgan fingerprint density at radius 3 is 3.07 bits per heavy atom. The summed E-state index contributed by atoms with van der Waals surface area (Å²) in [6.07, 6.45) is 2.89. The van der Waals surface area contributed by atoms with E-state index in [1.807, 2.05) is 0 Å². The summed E-state index contributed by atoms with van der Waals surface area (Å²) in [6, 6.07) is 1.66. The lowest BCUT2D eigenvalue weighted by atomic mass is 10.3. The molecule has 0 radical (unpaired) electrons. The van der Waals surface area contributed by atoms with E-state index in [2.05, 4.69) is 9.97 Å². The van der Waals surface area contributed by atoms with E-state index in [1.165, 1.54) is 6.33 Å². The van der Waals surface area contributed by atoms with Gasteiger partial charge in [-0.3, -0.25) is 9.20 Å². The molecule has 72 valence electrons. The van der Waals surface area contributed by atoms with E-state index in [9.17, 15) is 4.79 Å². The summed E-state index contributed by atoms with van der Waals surface area (Å²) in [5, 5.41) is 8.89. The van der Waals surface area contributed by atoms with Crippen LogP contribution in [-0.2, 0) is 11.2 Å². The zero-order chi connectivity index (χ0) is 10.1. The van der Waals surface area contributed by atoms with Crippen molar-refractivity contribution in [2.45, 2.75) is 6.42 Å². The van der Waals surface area contributed by atoms with E-state index in [-0.39, 0.29) is 6.42 Å². The van der Waals surface area contributed by atoms with Gasteiger partial charge in [0, 0.05) is 6.20 Å². The first-order chi connectivity index (χ1) is 6.68. The summed E-state index contributed by atoms with van der Waals surface area (Å²) in [5.74, 6) is -0.955. The maximum atomic E-state index is 10.5. The van der Waals surface area contributed by atoms with E-state index < -0.39 is 5.97 Å². The fourth-order valence-corrected chi connectivity index (χ4v) is 1.42. The Hall–Kier alpha value is -1.62. The summed E-state index contributed by atoms with van der Waals surface area (Å²) in [5.41, 5.74) is 0.952. The Morgan fingerprint density at radius 2 is 2.43 bits per heavy atom. The van der Waals surface area contributed by atoms with Crippen LogP contribution in [0, 0.1) is 0 Å². The average molecular weight is 212 g/mol. The Kier molecular flexibility index (Phi) is 2.09. The standard InChI is InChI=1S/C8H6ClN3O2/c9-8-5(3-7(13)14)11-6-1-2-10-4-12(6)8/h1-2,4H,3H2,(H,13,14). The largest absolute Gasteiger partial charge is 0.481 e. The van der Waals surface area contributed by atoms with E-state index in [4.69, 9.17) is 16.7 Å². The van der Waals surface area contributed by atoms with Crippen molar-refractivity contribution in [2.75, 3.05) is 0 Å². The second kappa shape index (κ2) is 3.26. The van der Waals surface area contributed by atoms with Gasteiger partial charge < -0.3 is 5.11 Å². The molecule has 14 heavy (non-hydrogen) atoms. The number of fused-ring (bicyclic) bond motifs is 1. The molecule has 0 aromatic carbocycles. The van der Waals surface area contributed by atoms with Gasteiger partial charge in [0.15, 0.2) is 0 Å². The minimum atomic E-state index is -0.955. The fourth-order valence-electron chi connectivity index (χ4n) is 1.18. The van der Waals surface area contributed by atoms with Crippen molar-refractivity contribution in [1.82, 2.24) is 14.4 Å². The molecule has 0 saturated carbocycles. The van der Waals surface area contributed by atoms with Crippen LogP contribution in [0.5, 0.6) is 0 Å². The molecule has 2 rings (SSSR count). The topological polar surface area (TPSA) is 67.5 Å². The third-order valence-corrected chi connectivity index (χ3v) is 2.16. The zero-order valence-electron chi connectivity index (χ0n) is 7.01. The lowest BCUT2D eigenvalue weighted by molar-refractivity contribution is -0.136. The van der Waals surface area contributed by atoms with Crippen LogP contribution in [-0.4, -0.2) is 25.4 Å². The quantitative estimate of drug-likeness (QED) is 0.805. The Morgan fingerprint density at radius 1 is 1.64 bits per heavy atom. The molecule has 0 amide bonds. The molecular formula is C8H6ClN3O2. The summed E-state index contributed by atoms with van der Waals surface area (Å²) >= 11 is 5.90. The normalized spacial score (nSPS) is 10.6. The Labute approximate surface area is 84.0 Å². The molecule has 0 unspecified atom stereocenters. The summed E-state index contributed by atoms with van der Waals surface area (Å²) in [6.45, 7) is 0. The van der Waals surface area contributed by atoms with E-state index in [0.29, 0.717) is 16.5 Å². The molecule has 2 aromatic heterocycles. The lowest BCUT2D eigenvalue weighted by Crippen LogP contribution is -2.00. The highest BCUT2D eigenvalue weighted by molar-refractivity contribution is 6.30. The van der Waals surface area contributed by atoms with Gasteiger partial charge in [-0.05, 0) is 6.07 Å². The van der Waals surface area contributed by atoms with Gasteiger partial charge in [0.2, 0.25) is 0 Å². The highest BCUT2D eigenvalue weighted by Crippen LogP contribution is 2.17. The molecule has 0 saturated heterocycles. The first-order valence-corrected chi connectivity index (χ1v) is 4.24. The van der Waals surface area contributed by atoms with Crippen LogP contribution in [0.4, 0.5) is 0 Å². The predicted octanol–water partition coefficient (Wildman–Crippen LogP) is 1.01. The second-order valence-corrected chi connectivity index (χ2v) is 3.09. The molecule has 0 aliphatic heterocycles. The number of nitrogens with zero attached hydrogens (tertiary/aromatic N) is 3. The second-order valence-electron chi connectivity index (χ2n) is 2.73. The SMILES string of the molecule is O=C(O)Cc1nc2ccncn2c1Cl. The van der Waals surface area contributed by atoms with Crippen molar-refractivity contribution in [3.8, 4) is 0 Å². The van der Waals surface area contributed by atoms with Gasteiger partial charge in [0.1, 0.15) is 17.1 Å². The number of hydrogen-bond donors (Lipinski definition) is 1. The van der Waals surface area contributed by atoms with Gasteiger partial charge in [-0.15, -0.1) is 0 Å². The maximum Gasteiger partial charge on any atom is 0.309 e. The molecule has 1 N–H and O–H groups in total. The minimum absolute atomic E-state index is 0.180. The number of carboxylic acids is 1. The van der Waals surface area contributed by atoms with Gasteiger partial charge in [-0.1, -0.05) is 11.6 Å². The highest BCUT2D eigenvalue weighted by Gasteiger charge is 2.12. The van der Waals surface area contributed by atoms with Crippen LogP contribution in [0.3, 0.4) is 0 Å². The van der Waals surface area contributed by atoms with E-state index in [0.717, 1.165) is 0 Å². The lowest BCUT2D eigenvalue weighted by Gasteiger charge is -1.92. The van der Waals surface area contributed by atoms with Gasteiger partial charge in [0.05, 0.1) is 12.1 Å². The van der Waals surface area contributed by atoms with Gasteiger partial charge in [0.25, 0.3) is 0 Å². The summed E-state index contributed by atoms with van der Waals surface area (Å²) < 4.78 is 1.54. The van der Waals surface area contributed by atoms with Crippen LogP contribution in [0.25, 0.3) is 5.65 Å². The molecule has 0 aliphatic rings. The van der Waals surface area contributed by atoms with E-state index in [1.54, 1.807) is 16.7 Å². The van der Waals surface area contributed by atoms with Gasteiger partial charge >= 0.3 is 5.97 Å². The molecule has 6 heteroatoms. The third kappa shape index (κ3) is 1.42. The number of rotatable bonds is 2. The van der Waals surface area contributed by atoms with Crippen LogP contribution in [0.15, 0.2) is 18.6 Å². The fraction of sp³-hybridized carbons (Fsp3) is 0.125. The summed E-state index contributed by atoms with van der Waals surface area (Å²) in [4.78, 5) is 18.4. The number of halogens is 1. The van der Waals surface area contributed by atoms with Crippen molar-refractivity contribution in [3.63, 3.8) is 0 Å². The number of carbonyl (C=O) groups is 1. The van der Waals surface area contributed by atoms with Gasteiger partial charge in [-0.25, -0.2) is 9.97 Å². The summed E-state index contributed by atoms with van der Waals surface area (Å²) in [7, 11) is 0. The highest BCUT2D eigenvalue weighted by atomic mass is 35.5. The van der Waals surface area contributed by atoms with Crippen LogP contribution < -0.4 is 0 Å². The predicted molar refractivity (Wildman–Crippen MR) is 49.3 cm³/mol. The first kappa shape index (κ1) is 8.96. The van der Waals surface area contributed by atoms with Crippen LogP contribution >= 0.6 is 11.6 Å². The Balaban J connectivity index is 2.57. The minimum Gasteiger partial charge on any atom is -0.481 e. The molecular weight excluding hydrogens is 206 g/mol. The smallest absolute Gasteiger partial charge is 0.309 e. The van der Waals surface area contributed by atoms with Crippen molar-refractivity contribution < 1.29 is 9.90 Å². The molecule has 0 atom stereocenters.